The van der Waals surface area contributed by atoms with Gasteiger partial charge in [0.25, 0.3) is 0 Å². The van der Waals surface area contributed by atoms with Crippen molar-refractivity contribution in [3.63, 3.8) is 0 Å². The Bertz CT molecular complexity index is 377. The van der Waals surface area contributed by atoms with Crippen LogP contribution >= 0.6 is 0 Å². The highest BCUT2D eigenvalue weighted by atomic mass is 16.5. The highest BCUT2D eigenvalue weighted by Gasteiger charge is 2.33. The summed E-state index contributed by atoms with van der Waals surface area (Å²) >= 11 is 0. The van der Waals surface area contributed by atoms with Gasteiger partial charge in [-0.15, -0.1) is 0 Å². The fraction of sp³-hybridized carbons (Fsp3) is 0.962. The van der Waals surface area contributed by atoms with Crippen molar-refractivity contribution in [2.45, 2.75) is 143 Å². The van der Waals surface area contributed by atoms with Crippen molar-refractivity contribution in [1.29, 1.82) is 0 Å². The fourth-order valence-electron chi connectivity index (χ4n) is 4.77. The van der Waals surface area contributed by atoms with Crippen LogP contribution in [0.2, 0.25) is 0 Å². The highest BCUT2D eigenvalue weighted by molar-refractivity contribution is 5.69. The van der Waals surface area contributed by atoms with E-state index in [1.165, 1.54) is 89.9 Å². The van der Waals surface area contributed by atoms with E-state index in [0.717, 1.165) is 12.8 Å². The SMILES string of the molecule is CCCCCCCCCCCCCCCC(=O)O[C@@H]1C[C@H](C)CC[C@H]1C(C)C. The summed E-state index contributed by atoms with van der Waals surface area (Å²) in [7, 11) is 0. The van der Waals surface area contributed by atoms with Crippen molar-refractivity contribution in [3.8, 4) is 0 Å². The Kier molecular flexibility index (Phi) is 14.8. The quantitative estimate of drug-likeness (QED) is 0.194. The van der Waals surface area contributed by atoms with Gasteiger partial charge in [-0.3, -0.25) is 4.79 Å². The van der Waals surface area contributed by atoms with Gasteiger partial charge < -0.3 is 4.74 Å². The molecule has 0 spiro atoms. The summed E-state index contributed by atoms with van der Waals surface area (Å²) in [6.45, 7) is 9.12. The predicted octanol–water partition coefficient (Wildman–Crippen LogP) is 8.47. The molecular formula is C26H50O2. The summed E-state index contributed by atoms with van der Waals surface area (Å²) in [5, 5.41) is 0. The van der Waals surface area contributed by atoms with Gasteiger partial charge in [0.2, 0.25) is 0 Å². The minimum Gasteiger partial charge on any atom is -0.462 e. The molecular weight excluding hydrogens is 344 g/mol. The van der Waals surface area contributed by atoms with E-state index in [2.05, 4.69) is 27.7 Å². The molecule has 0 N–H and O–H groups in total. The Morgan fingerprint density at radius 3 is 1.82 bits per heavy atom. The van der Waals surface area contributed by atoms with Crippen LogP contribution in [0.15, 0.2) is 0 Å². The van der Waals surface area contributed by atoms with Crippen molar-refractivity contribution >= 4 is 5.97 Å². The third kappa shape index (κ3) is 12.1. The zero-order valence-corrected chi connectivity index (χ0v) is 19.6. The zero-order chi connectivity index (χ0) is 20.6. The lowest BCUT2D eigenvalue weighted by Crippen LogP contribution is -2.35. The first-order chi connectivity index (χ1) is 13.5. The summed E-state index contributed by atoms with van der Waals surface area (Å²) < 4.78 is 5.90. The molecule has 2 heteroatoms. The van der Waals surface area contributed by atoms with Crippen LogP contribution in [-0.4, -0.2) is 12.1 Å². The van der Waals surface area contributed by atoms with Crippen LogP contribution in [0, 0.1) is 17.8 Å². The number of carbonyl (C=O) groups excluding carboxylic acids is 1. The molecule has 0 aromatic carbocycles. The molecule has 1 saturated carbocycles. The molecule has 0 aromatic heterocycles. The predicted molar refractivity (Wildman–Crippen MR) is 122 cm³/mol. The standard InChI is InChI=1S/C26H50O2/c1-5-6-7-8-9-10-11-12-13-14-15-16-17-18-26(27)28-25-21-23(4)19-20-24(25)22(2)3/h22-25H,5-21H2,1-4H3/t23-,24+,25-/m1/s1. The molecule has 0 unspecified atom stereocenters. The maximum atomic E-state index is 12.3. The van der Waals surface area contributed by atoms with Gasteiger partial charge in [0.05, 0.1) is 0 Å². The Morgan fingerprint density at radius 1 is 0.821 bits per heavy atom. The first-order valence-electron chi connectivity index (χ1n) is 12.7. The summed E-state index contributed by atoms with van der Waals surface area (Å²) in [5.74, 6) is 1.92. The minimum absolute atomic E-state index is 0.0489. The van der Waals surface area contributed by atoms with Crippen LogP contribution in [0.25, 0.3) is 0 Å². The van der Waals surface area contributed by atoms with Gasteiger partial charge in [-0.1, -0.05) is 111 Å². The lowest BCUT2D eigenvalue weighted by atomic mass is 9.75. The summed E-state index contributed by atoms with van der Waals surface area (Å²) in [5.41, 5.74) is 0. The molecule has 28 heavy (non-hydrogen) atoms. The first kappa shape index (κ1) is 25.5. The second kappa shape index (κ2) is 16.3. The van der Waals surface area contributed by atoms with E-state index in [4.69, 9.17) is 4.74 Å². The fourth-order valence-corrected chi connectivity index (χ4v) is 4.77. The lowest BCUT2D eigenvalue weighted by molar-refractivity contribution is -0.156. The Balaban J connectivity index is 1.96. The second-order valence-corrected chi connectivity index (χ2v) is 9.85. The first-order valence-corrected chi connectivity index (χ1v) is 12.7. The largest absolute Gasteiger partial charge is 0.462 e. The van der Waals surface area contributed by atoms with Crippen LogP contribution in [0.3, 0.4) is 0 Å². The maximum Gasteiger partial charge on any atom is 0.306 e. The highest BCUT2D eigenvalue weighted by Crippen LogP contribution is 2.35. The Hall–Kier alpha value is -0.530. The van der Waals surface area contributed by atoms with E-state index in [0.29, 0.717) is 24.2 Å². The van der Waals surface area contributed by atoms with Crippen molar-refractivity contribution in [3.05, 3.63) is 0 Å². The number of unbranched alkanes of at least 4 members (excludes halogenated alkanes) is 12. The molecule has 0 saturated heterocycles. The molecule has 166 valence electrons. The summed E-state index contributed by atoms with van der Waals surface area (Å²) in [6, 6.07) is 0. The van der Waals surface area contributed by atoms with Crippen LogP contribution in [0.5, 0.6) is 0 Å². The van der Waals surface area contributed by atoms with E-state index >= 15 is 0 Å². The Morgan fingerprint density at radius 2 is 1.32 bits per heavy atom. The van der Waals surface area contributed by atoms with Gasteiger partial charge >= 0.3 is 5.97 Å². The number of hydrogen-bond acceptors (Lipinski definition) is 2. The molecule has 1 fully saturated rings. The van der Waals surface area contributed by atoms with E-state index in [1.54, 1.807) is 0 Å². The van der Waals surface area contributed by atoms with E-state index in [9.17, 15) is 4.79 Å². The molecule has 0 radical (unpaired) electrons. The van der Waals surface area contributed by atoms with E-state index in [1.807, 2.05) is 0 Å². The van der Waals surface area contributed by atoms with Crippen molar-refractivity contribution in [1.82, 2.24) is 0 Å². The van der Waals surface area contributed by atoms with Gasteiger partial charge in [0, 0.05) is 6.42 Å². The average molecular weight is 395 g/mol. The van der Waals surface area contributed by atoms with Gasteiger partial charge in [-0.05, 0) is 37.0 Å². The second-order valence-electron chi connectivity index (χ2n) is 9.85. The van der Waals surface area contributed by atoms with Gasteiger partial charge in [0.1, 0.15) is 6.10 Å². The van der Waals surface area contributed by atoms with Crippen molar-refractivity contribution < 1.29 is 9.53 Å². The van der Waals surface area contributed by atoms with Crippen LogP contribution in [0.1, 0.15) is 137 Å². The maximum absolute atomic E-state index is 12.3. The number of carbonyl (C=O) groups is 1. The number of ether oxygens (including phenoxy) is 1. The van der Waals surface area contributed by atoms with Gasteiger partial charge in [0.15, 0.2) is 0 Å². The van der Waals surface area contributed by atoms with Gasteiger partial charge in [-0.25, -0.2) is 0 Å². The third-order valence-electron chi connectivity index (χ3n) is 6.73. The third-order valence-corrected chi connectivity index (χ3v) is 6.73. The van der Waals surface area contributed by atoms with Crippen LogP contribution < -0.4 is 0 Å². The van der Waals surface area contributed by atoms with Gasteiger partial charge in [-0.2, -0.15) is 0 Å². The number of hydrogen-bond donors (Lipinski definition) is 0. The molecule has 1 rings (SSSR count). The monoisotopic (exact) mass is 394 g/mol. The number of esters is 1. The molecule has 3 atom stereocenters. The molecule has 0 bridgehead atoms. The summed E-state index contributed by atoms with van der Waals surface area (Å²) in [6.07, 6.45) is 21.8. The summed E-state index contributed by atoms with van der Waals surface area (Å²) in [4.78, 5) is 12.3. The van der Waals surface area contributed by atoms with Crippen molar-refractivity contribution in [2.75, 3.05) is 0 Å². The minimum atomic E-state index is 0.0489. The lowest BCUT2D eigenvalue weighted by Gasteiger charge is -2.36. The van der Waals surface area contributed by atoms with Crippen LogP contribution in [-0.2, 0) is 9.53 Å². The average Bonchev–Trinajstić information content (AvgIpc) is 2.65. The van der Waals surface area contributed by atoms with Crippen molar-refractivity contribution in [2.24, 2.45) is 17.8 Å². The molecule has 1 aliphatic carbocycles. The molecule has 1 aliphatic rings. The molecule has 0 amide bonds. The molecule has 0 aliphatic heterocycles. The van der Waals surface area contributed by atoms with E-state index < -0.39 is 0 Å². The topological polar surface area (TPSA) is 26.3 Å². The Labute approximate surface area is 176 Å². The smallest absolute Gasteiger partial charge is 0.306 e. The zero-order valence-electron chi connectivity index (χ0n) is 19.6. The molecule has 2 nitrogen and oxygen atoms in total. The molecule has 0 heterocycles. The molecule has 0 aromatic rings. The normalized spacial score (nSPS) is 22.5. The number of rotatable bonds is 16. The van der Waals surface area contributed by atoms with Crippen LogP contribution in [0.4, 0.5) is 0 Å². The van der Waals surface area contributed by atoms with E-state index in [-0.39, 0.29) is 12.1 Å².